The van der Waals surface area contributed by atoms with Gasteiger partial charge in [-0.2, -0.15) is 0 Å². The van der Waals surface area contributed by atoms with Crippen molar-refractivity contribution in [3.05, 3.63) is 52.1 Å². The number of benzene rings is 1. The van der Waals surface area contributed by atoms with Crippen molar-refractivity contribution in [3.8, 4) is 11.6 Å². The lowest BCUT2D eigenvalue weighted by Crippen LogP contribution is -2.23. The van der Waals surface area contributed by atoms with Crippen molar-refractivity contribution in [2.75, 3.05) is 13.7 Å². The van der Waals surface area contributed by atoms with E-state index in [1.807, 2.05) is 37.3 Å². The topological polar surface area (TPSA) is 60.5 Å². The Morgan fingerprint density at radius 3 is 2.88 bits per heavy atom. The third-order valence-electron chi connectivity index (χ3n) is 3.46. The van der Waals surface area contributed by atoms with Gasteiger partial charge in [0.05, 0.1) is 18.2 Å². The number of aromatic nitrogens is 1. The molecule has 0 bridgehead atoms. The summed E-state index contributed by atoms with van der Waals surface area (Å²) in [6, 6.07) is 9.56. The van der Waals surface area contributed by atoms with Crippen molar-refractivity contribution in [1.29, 1.82) is 0 Å². The predicted octanol–water partition coefficient (Wildman–Crippen LogP) is 3.50. The Hall–Kier alpha value is -2.08. The number of hydrogen-bond donors (Lipinski definition) is 1. The molecule has 6 heteroatoms. The Morgan fingerprint density at radius 2 is 2.17 bits per heavy atom. The molecule has 0 saturated heterocycles. The van der Waals surface area contributed by atoms with Gasteiger partial charge in [-0.05, 0) is 53.0 Å². The smallest absolute Gasteiger partial charge is 0.220 e. The minimum atomic E-state index is -0.00626. The normalized spacial score (nSPS) is 10.3. The molecule has 1 aromatic carbocycles. The molecule has 24 heavy (non-hydrogen) atoms. The quantitative estimate of drug-likeness (QED) is 0.746. The van der Waals surface area contributed by atoms with Gasteiger partial charge in [0.1, 0.15) is 5.75 Å². The van der Waals surface area contributed by atoms with Crippen molar-refractivity contribution in [1.82, 2.24) is 10.3 Å². The molecule has 2 aromatic rings. The number of ether oxygens (including phenoxy) is 2. The van der Waals surface area contributed by atoms with Gasteiger partial charge in [0.25, 0.3) is 0 Å². The monoisotopic (exact) mass is 392 g/mol. The molecule has 0 fully saturated rings. The van der Waals surface area contributed by atoms with Gasteiger partial charge in [-0.3, -0.25) is 4.79 Å². The van der Waals surface area contributed by atoms with Crippen LogP contribution in [0, 0.1) is 0 Å². The Morgan fingerprint density at radius 1 is 1.33 bits per heavy atom. The molecule has 0 aliphatic heterocycles. The maximum atomic E-state index is 12.1. The standard InChI is InChI=1S/C18H21BrN2O3/c1-3-24-18-14(5-4-10-20-18)12-21-17(22)9-7-13-6-8-16(23-2)15(19)11-13/h4-6,8,10-11H,3,7,9,12H2,1-2H3,(H,21,22). The van der Waals surface area contributed by atoms with Crippen LogP contribution in [0.3, 0.4) is 0 Å². The third-order valence-corrected chi connectivity index (χ3v) is 4.08. The second kappa shape index (κ2) is 9.27. The fraction of sp³-hybridized carbons (Fsp3) is 0.333. The van der Waals surface area contributed by atoms with Gasteiger partial charge in [-0.15, -0.1) is 0 Å². The second-order valence-corrected chi connectivity index (χ2v) is 6.00. The number of amides is 1. The van der Waals surface area contributed by atoms with Crippen LogP contribution in [0.5, 0.6) is 11.6 Å². The zero-order valence-corrected chi connectivity index (χ0v) is 15.4. The summed E-state index contributed by atoms with van der Waals surface area (Å²) in [5.41, 5.74) is 1.95. The average molecular weight is 393 g/mol. The second-order valence-electron chi connectivity index (χ2n) is 5.15. The predicted molar refractivity (Wildman–Crippen MR) is 96.3 cm³/mol. The number of rotatable bonds is 8. The average Bonchev–Trinajstić information content (AvgIpc) is 2.59. The van der Waals surface area contributed by atoms with Crippen molar-refractivity contribution in [3.63, 3.8) is 0 Å². The lowest BCUT2D eigenvalue weighted by molar-refractivity contribution is -0.121. The van der Waals surface area contributed by atoms with Crippen LogP contribution < -0.4 is 14.8 Å². The molecule has 1 heterocycles. The van der Waals surface area contributed by atoms with E-state index in [-0.39, 0.29) is 5.91 Å². The summed E-state index contributed by atoms with van der Waals surface area (Å²) in [5, 5.41) is 2.91. The Bertz CT molecular complexity index is 692. The zero-order valence-electron chi connectivity index (χ0n) is 13.8. The van der Waals surface area contributed by atoms with E-state index in [0.717, 1.165) is 21.3 Å². The highest BCUT2D eigenvalue weighted by Crippen LogP contribution is 2.26. The number of carbonyl (C=O) groups excluding carboxylic acids is 1. The lowest BCUT2D eigenvalue weighted by Gasteiger charge is -2.10. The number of aryl methyl sites for hydroxylation is 1. The zero-order chi connectivity index (χ0) is 17.4. The van der Waals surface area contributed by atoms with Gasteiger partial charge in [-0.1, -0.05) is 12.1 Å². The number of methoxy groups -OCH3 is 1. The SMILES string of the molecule is CCOc1ncccc1CNC(=O)CCc1ccc(OC)c(Br)c1. The highest BCUT2D eigenvalue weighted by Gasteiger charge is 2.08. The van der Waals surface area contributed by atoms with Crippen molar-refractivity contribution in [2.24, 2.45) is 0 Å². The van der Waals surface area contributed by atoms with Gasteiger partial charge in [0, 0.05) is 24.7 Å². The van der Waals surface area contributed by atoms with Crippen LogP contribution in [-0.4, -0.2) is 24.6 Å². The molecular weight excluding hydrogens is 372 g/mol. The summed E-state index contributed by atoms with van der Waals surface area (Å²) in [6.45, 7) is 2.86. The minimum absolute atomic E-state index is 0.00626. The molecule has 0 aliphatic rings. The Balaban J connectivity index is 1.85. The summed E-state index contributed by atoms with van der Waals surface area (Å²) >= 11 is 3.45. The number of carbonyl (C=O) groups is 1. The van der Waals surface area contributed by atoms with Crippen LogP contribution in [0.1, 0.15) is 24.5 Å². The minimum Gasteiger partial charge on any atom is -0.496 e. The first kappa shape index (κ1) is 18.3. The first-order valence-electron chi connectivity index (χ1n) is 7.79. The van der Waals surface area contributed by atoms with E-state index in [9.17, 15) is 4.79 Å². The van der Waals surface area contributed by atoms with Gasteiger partial charge < -0.3 is 14.8 Å². The number of nitrogens with one attached hydrogen (secondary N) is 1. The van der Waals surface area contributed by atoms with Crippen LogP contribution in [0.2, 0.25) is 0 Å². The van der Waals surface area contributed by atoms with Gasteiger partial charge in [0.15, 0.2) is 0 Å². The number of hydrogen-bond acceptors (Lipinski definition) is 4. The van der Waals surface area contributed by atoms with Crippen molar-refractivity contribution >= 4 is 21.8 Å². The molecule has 0 aliphatic carbocycles. The lowest BCUT2D eigenvalue weighted by atomic mass is 10.1. The fourth-order valence-corrected chi connectivity index (χ4v) is 2.82. The summed E-state index contributed by atoms with van der Waals surface area (Å²) in [7, 11) is 1.63. The molecule has 0 saturated carbocycles. The largest absolute Gasteiger partial charge is 0.496 e. The van der Waals surface area contributed by atoms with E-state index in [4.69, 9.17) is 9.47 Å². The van der Waals surface area contributed by atoms with E-state index in [2.05, 4.69) is 26.2 Å². The van der Waals surface area contributed by atoms with E-state index in [1.54, 1.807) is 13.3 Å². The van der Waals surface area contributed by atoms with Crippen LogP contribution in [-0.2, 0) is 17.8 Å². The Kier molecular flexibility index (Phi) is 7.06. The van der Waals surface area contributed by atoms with E-state index >= 15 is 0 Å². The summed E-state index contributed by atoms with van der Waals surface area (Å²) in [5.74, 6) is 1.34. The summed E-state index contributed by atoms with van der Waals surface area (Å²) < 4.78 is 11.5. The number of nitrogens with zero attached hydrogens (tertiary/aromatic N) is 1. The van der Waals surface area contributed by atoms with Gasteiger partial charge in [0.2, 0.25) is 11.8 Å². The van der Waals surface area contributed by atoms with Gasteiger partial charge in [-0.25, -0.2) is 4.98 Å². The molecule has 1 aromatic heterocycles. The highest BCUT2D eigenvalue weighted by atomic mass is 79.9. The van der Waals surface area contributed by atoms with Crippen LogP contribution in [0.15, 0.2) is 41.0 Å². The van der Waals surface area contributed by atoms with Crippen LogP contribution in [0.25, 0.3) is 0 Å². The third kappa shape index (κ3) is 5.23. The maximum Gasteiger partial charge on any atom is 0.220 e. The molecule has 0 spiro atoms. The Labute approximate surface area is 150 Å². The molecule has 0 unspecified atom stereocenters. The summed E-state index contributed by atoms with van der Waals surface area (Å²) in [4.78, 5) is 16.2. The molecule has 5 nitrogen and oxygen atoms in total. The molecule has 0 radical (unpaired) electrons. The molecule has 2 rings (SSSR count). The first-order chi connectivity index (χ1) is 11.6. The van der Waals surface area contributed by atoms with Gasteiger partial charge >= 0.3 is 0 Å². The van der Waals surface area contributed by atoms with Crippen molar-refractivity contribution in [2.45, 2.75) is 26.3 Å². The molecule has 1 N–H and O–H groups in total. The molecule has 0 atom stereocenters. The van der Waals surface area contributed by atoms with Crippen LogP contribution >= 0.6 is 15.9 Å². The molecule has 1 amide bonds. The molecular formula is C18H21BrN2O3. The van der Waals surface area contributed by atoms with E-state index in [1.165, 1.54) is 0 Å². The van der Waals surface area contributed by atoms with E-state index in [0.29, 0.717) is 31.9 Å². The highest BCUT2D eigenvalue weighted by molar-refractivity contribution is 9.10. The number of halogens is 1. The number of pyridine rings is 1. The first-order valence-corrected chi connectivity index (χ1v) is 8.59. The van der Waals surface area contributed by atoms with Crippen molar-refractivity contribution < 1.29 is 14.3 Å². The maximum absolute atomic E-state index is 12.1. The molecule has 128 valence electrons. The summed E-state index contributed by atoms with van der Waals surface area (Å²) in [6.07, 6.45) is 2.76. The van der Waals surface area contributed by atoms with E-state index < -0.39 is 0 Å². The fourth-order valence-electron chi connectivity index (χ4n) is 2.23. The van der Waals surface area contributed by atoms with Crippen LogP contribution in [0.4, 0.5) is 0 Å².